The summed E-state index contributed by atoms with van der Waals surface area (Å²) in [5, 5.41) is 0. The first-order chi connectivity index (χ1) is 13.2. The van der Waals surface area contributed by atoms with E-state index in [1.165, 1.54) is 135 Å². The standard InChI is InChI=1S/C27H56/c1-5-7-8-9-10-11-12-13-14-16-20-24-27(4)25-21-18-15-17-19-23-26(3)22-6-2/h26-27H,5-25H2,1-4H3. The molecule has 0 rings (SSSR count). The molecule has 0 nitrogen and oxygen atoms in total. The van der Waals surface area contributed by atoms with Crippen molar-refractivity contribution >= 4 is 0 Å². The van der Waals surface area contributed by atoms with Gasteiger partial charge in [0.1, 0.15) is 0 Å². The second-order valence-corrected chi connectivity index (χ2v) is 9.67. The van der Waals surface area contributed by atoms with Crippen molar-refractivity contribution < 1.29 is 0 Å². The smallest absolute Gasteiger partial charge is 0.0443 e. The fraction of sp³-hybridized carbons (Fsp3) is 1.00. The van der Waals surface area contributed by atoms with Crippen LogP contribution < -0.4 is 0 Å². The third kappa shape index (κ3) is 22.2. The Balaban J connectivity index is 3.18. The highest BCUT2D eigenvalue weighted by atomic mass is 14.1. The normalized spacial score (nSPS) is 13.8. The Hall–Kier alpha value is 0. The maximum Gasteiger partial charge on any atom is -0.0443 e. The molecule has 0 saturated carbocycles. The lowest BCUT2D eigenvalue weighted by atomic mass is 9.95. The molecule has 0 heterocycles. The van der Waals surface area contributed by atoms with Crippen molar-refractivity contribution in [1.82, 2.24) is 0 Å². The van der Waals surface area contributed by atoms with E-state index in [-0.39, 0.29) is 0 Å². The fourth-order valence-corrected chi connectivity index (χ4v) is 4.45. The summed E-state index contributed by atoms with van der Waals surface area (Å²) < 4.78 is 0. The van der Waals surface area contributed by atoms with E-state index < -0.39 is 0 Å². The number of hydrogen-bond acceptors (Lipinski definition) is 0. The first-order valence-corrected chi connectivity index (χ1v) is 13.2. The monoisotopic (exact) mass is 380 g/mol. The molecule has 0 fully saturated rings. The van der Waals surface area contributed by atoms with Crippen LogP contribution in [-0.4, -0.2) is 0 Å². The van der Waals surface area contributed by atoms with Crippen molar-refractivity contribution in [3.63, 3.8) is 0 Å². The van der Waals surface area contributed by atoms with Crippen LogP contribution in [0.25, 0.3) is 0 Å². The van der Waals surface area contributed by atoms with Gasteiger partial charge in [0.15, 0.2) is 0 Å². The van der Waals surface area contributed by atoms with Gasteiger partial charge in [-0.25, -0.2) is 0 Å². The Morgan fingerprint density at radius 1 is 0.333 bits per heavy atom. The minimum Gasteiger partial charge on any atom is -0.0654 e. The largest absolute Gasteiger partial charge is 0.0654 e. The first-order valence-electron chi connectivity index (χ1n) is 13.2. The zero-order valence-corrected chi connectivity index (χ0v) is 20.0. The van der Waals surface area contributed by atoms with Gasteiger partial charge in [0.25, 0.3) is 0 Å². The maximum absolute atomic E-state index is 2.49. The highest BCUT2D eigenvalue weighted by Crippen LogP contribution is 2.20. The van der Waals surface area contributed by atoms with Gasteiger partial charge in [-0.3, -0.25) is 0 Å². The van der Waals surface area contributed by atoms with Crippen LogP contribution in [0.4, 0.5) is 0 Å². The SMILES string of the molecule is CCCCCCCCCCCCCC(C)CCCCCCCC(C)CCC. The highest BCUT2D eigenvalue weighted by molar-refractivity contribution is 4.57. The molecule has 0 aromatic heterocycles. The summed E-state index contributed by atoms with van der Waals surface area (Å²) >= 11 is 0. The number of hydrogen-bond donors (Lipinski definition) is 0. The third-order valence-corrected chi connectivity index (χ3v) is 6.48. The average molecular weight is 381 g/mol. The molecule has 0 aliphatic rings. The zero-order chi connectivity index (χ0) is 20.0. The molecule has 2 unspecified atom stereocenters. The van der Waals surface area contributed by atoms with Crippen LogP contribution in [0.1, 0.15) is 163 Å². The minimum absolute atomic E-state index is 0.959. The summed E-state index contributed by atoms with van der Waals surface area (Å²) in [6.45, 7) is 9.54. The van der Waals surface area contributed by atoms with Crippen LogP contribution in [-0.2, 0) is 0 Å². The Bertz CT molecular complexity index is 257. The van der Waals surface area contributed by atoms with Crippen LogP contribution in [0.5, 0.6) is 0 Å². The van der Waals surface area contributed by atoms with E-state index in [0.29, 0.717) is 0 Å². The van der Waals surface area contributed by atoms with Gasteiger partial charge in [0, 0.05) is 0 Å². The Labute approximate surface area is 174 Å². The molecule has 0 bridgehead atoms. The molecule has 0 aromatic rings. The van der Waals surface area contributed by atoms with E-state index in [1.54, 1.807) is 0 Å². The van der Waals surface area contributed by atoms with E-state index in [9.17, 15) is 0 Å². The van der Waals surface area contributed by atoms with Gasteiger partial charge in [0.05, 0.1) is 0 Å². The van der Waals surface area contributed by atoms with Crippen molar-refractivity contribution in [2.75, 3.05) is 0 Å². The molecular formula is C27H56. The lowest BCUT2D eigenvalue weighted by molar-refractivity contribution is 0.422. The molecule has 0 aliphatic carbocycles. The van der Waals surface area contributed by atoms with Gasteiger partial charge in [0.2, 0.25) is 0 Å². The van der Waals surface area contributed by atoms with Crippen LogP contribution in [0.3, 0.4) is 0 Å². The lowest BCUT2D eigenvalue weighted by Gasteiger charge is -2.12. The molecule has 0 radical (unpaired) electrons. The summed E-state index contributed by atoms with van der Waals surface area (Å²) in [6.07, 6.45) is 30.7. The zero-order valence-electron chi connectivity index (χ0n) is 20.0. The molecule has 0 aromatic carbocycles. The molecule has 0 N–H and O–H groups in total. The van der Waals surface area contributed by atoms with E-state index in [4.69, 9.17) is 0 Å². The molecule has 164 valence electrons. The predicted molar refractivity (Wildman–Crippen MR) is 127 cm³/mol. The fourth-order valence-electron chi connectivity index (χ4n) is 4.45. The van der Waals surface area contributed by atoms with E-state index >= 15 is 0 Å². The maximum atomic E-state index is 2.49. The minimum atomic E-state index is 0.959. The van der Waals surface area contributed by atoms with Gasteiger partial charge in [-0.05, 0) is 11.8 Å². The average Bonchev–Trinajstić information content (AvgIpc) is 2.65. The topological polar surface area (TPSA) is 0 Å². The van der Waals surface area contributed by atoms with Gasteiger partial charge in [-0.15, -0.1) is 0 Å². The quantitative estimate of drug-likeness (QED) is 0.164. The van der Waals surface area contributed by atoms with Crippen LogP contribution in [0, 0.1) is 11.8 Å². The second-order valence-electron chi connectivity index (χ2n) is 9.67. The van der Waals surface area contributed by atoms with Crippen molar-refractivity contribution in [3.05, 3.63) is 0 Å². The Kier molecular flexibility index (Phi) is 22.3. The Morgan fingerprint density at radius 3 is 0.963 bits per heavy atom. The molecule has 0 amide bonds. The molecule has 0 spiro atoms. The van der Waals surface area contributed by atoms with Crippen molar-refractivity contribution in [1.29, 1.82) is 0 Å². The molecule has 0 saturated heterocycles. The lowest BCUT2D eigenvalue weighted by Crippen LogP contribution is -1.96. The summed E-state index contributed by atoms with van der Waals surface area (Å²) in [6, 6.07) is 0. The highest BCUT2D eigenvalue weighted by Gasteiger charge is 2.03. The molecule has 27 heavy (non-hydrogen) atoms. The first kappa shape index (κ1) is 27.0. The number of unbranched alkanes of at least 4 members (excludes halogenated alkanes) is 14. The third-order valence-electron chi connectivity index (χ3n) is 6.48. The van der Waals surface area contributed by atoms with Gasteiger partial charge in [-0.2, -0.15) is 0 Å². The van der Waals surface area contributed by atoms with Crippen molar-refractivity contribution in [2.45, 2.75) is 163 Å². The second kappa shape index (κ2) is 22.3. The van der Waals surface area contributed by atoms with Crippen molar-refractivity contribution in [2.24, 2.45) is 11.8 Å². The van der Waals surface area contributed by atoms with Crippen LogP contribution in [0.15, 0.2) is 0 Å². The van der Waals surface area contributed by atoms with Gasteiger partial charge >= 0.3 is 0 Å². The van der Waals surface area contributed by atoms with Crippen LogP contribution in [0.2, 0.25) is 0 Å². The number of rotatable bonds is 22. The summed E-state index contributed by atoms with van der Waals surface area (Å²) in [7, 11) is 0. The van der Waals surface area contributed by atoms with Gasteiger partial charge in [-0.1, -0.05) is 163 Å². The summed E-state index contributed by atoms with van der Waals surface area (Å²) in [5.74, 6) is 1.92. The molecule has 0 aliphatic heterocycles. The van der Waals surface area contributed by atoms with Gasteiger partial charge < -0.3 is 0 Å². The van der Waals surface area contributed by atoms with Crippen molar-refractivity contribution in [3.8, 4) is 0 Å². The summed E-state index contributed by atoms with van der Waals surface area (Å²) in [5.41, 5.74) is 0. The van der Waals surface area contributed by atoms with E-state index in [2.05, 4.69) is 27.7 Å². The van der Waals surface area contributed by atoms with E-state index in [1.807, 2.05) is 0 Å². The van der Waals surface area contributed by atoms with E-state index in [0.717, 1.165) is 11.8 Å². The molecular weight excluding hydrogens is 324 g/mol. The van der Waals surface area contributed by atoms with Crippen LogP contribution >= 0.6 is 0 Å². The molecule has 0 heteroatoms. The predicted octanol–water partition coefficient (Wildman–Crippen LogP) is 10.5. The molecule has 2 atom stereocenters. The summed E-state index contributed by atoms with van der Waals surface area (Å²) in [4.78, 5) is 0. The Morgan fingerprint density at radius 2 is 0.630 bits per heavy atom.